The van der Waals surface area contributed by atoms with E-state index in [0.29, 0.717) is 0 Å². The summed E-state index contributed by atoms with van der Waals surface area (Å²) in [4.78, 5) is 11.8. The summed E-state index contributed by atoms with van der Waals surface area (Å²) < 4.78 is 5.59. The first-order valence-electron chi connectivity index (χ1n) is 6.73. The van der Waals surface area contributed by atoms with Crippen molar-refractivity contribution in [3.8, 4) is 0 Å². The van der Waals surface area contributed by atoms with Gasteiger partial charge < -0.3 is 9.84 Å². The molecule has 1 saturated carbocycles. The van der Waals surface area contributed by atoms with Crippen LogP contribution in [0.5, 0.6) is 0 Å². The Bertz CT molecular complexity index is 458. The smallest absolute Gasteiger partial charge is 0.309 e. The molecule has 5 atom stereocenters. The van der Waals surface area contributed by atoms with Gasteiger partial charge in [-0.25, -0.2) is 0 Å². The van der Waals surface area contributed by atoms with Gasteiger partial charge in [-0.2, -0.15) is 0 Å². The van der Waals surface area contributed by atoms with Crippen molar-refractivity contribution in [1.29, 1.82) is 0 Å². The van der Waals surface area contributed by atoms with Gasteiger partial charge in [-0.1, -0.05) is 19.1 Å². The highest BCUT2D eigenvalue weighted by Gasteiger charge is 2.51. The molecule has 0 bridgehead atoms. The zero-order chi connectivity index (χ0) is 13.1. The molecule has 0 aromatic carbocycles. The molecule has 0 amide bonds. The van der Waals surface area contributed by atoms with E-state index in [1.54, 1.807) is 0 Å². The summed E-state index contributed by atoms with van der Waals surface area (Å²) in [6.45, 7) is 5.88. The van der Waals surface area contributed by atoms with E-state index in [-0.39, 0.29) is 29.8 Å². The van der Waals surface area contributed by atoms with Crippen LogP contribution in [-0.2, 0) is 9.53 Å². The van der Waals surface area contributed by atoms with E-state index in [1.165, 1.54) is 0 Å². The molecule has 3 rings (SSSR count). The topological polar surface area (TPSA) is 46.5 Å². The highest BCUT2D eigenvalue weighted by Crippen LogP contribution is 2.49. The average molecular weight is 248 g/mol. The highest BCUT2D eigenvalue weighted by atomic mass is 16.6. The molecule has 1 saturated heterocycles. The van der Waals surface area contributed by atoms with Crippen LogP contribution < -0.4 is 0 Å². The van der Waals surface area contributed by atoms with E-state index in [2.05, 4.69) is 6.08 Å². The van der Waals surface area contributed by atoms with E-state index in [0.717, 1.165) is 24.0 Å². The van der Waals surface area contributed by atoms with Crippen molar-refractivity contribution in [2.45, 2.75) is 45.3 Å². The molecule has 1 heterocycles. The molecule has 0 aromatic heterocycles. The molecule has 3 nitrogen and oxygen atoms in total. The first kappa shape index (κ1) is 12.0. The second-order valence-electron chi connectivity index (χ2n) is 6.18. The fourth-order valence-corrected chi connectivity index (χ4v) is 3.70. The maximum atomic E-state index is 11.8. The number of hydrogen-bond acceptors (Lipinski definition) is 3. The predicted molar refractivity (Wildman–Crippen MR) is 67.7 cm³/mol. The molecular formula is C15H20O3. The van der Waals surface area contributed by atoms with Crippen LogP contribution in [0.2, 0.25) is 0 Å². The van der Waals surface area contributed by atoms with Crippen molar-refractivity contribution in [3.63, 3.8) is 0 Å². The van der Waals surface area contributed by atoms with E-state index >= 15 is 0 Å². The van der Waals surface area contributed by atoms with E-state index in [1.807, 2.05) is 26.8 Å². The van der Waals surface area contributed by atoms with Crippen LogP contribution in [0.15, 0.2) is 23.3 Å². The summed E-state index contributed by atoms with van der Waals surface area (Å²) in [5.74, 6) is 0.0902. The number of carbonyl (C=O) groups excluding carboxylic acids is 1. The van der Waals surface area contributed by atoms with Crippen molar-refractivity contribution in [1.82, 2.24) is 0 Å². The summed E-state index contributed by atoms with van der Waals surface area (Å²) in [5, 5.41) is 10.6. The number of ether oxygens (including phenoxy) is 1. The Balaban J connectivity index is 2.06. The number of esters is 1. The Morgan fingerprint density at radius 3 is 2.94 bits per heavy atom. The number of hydrogen-bond donors (Lipinski definition) is 1. The Kier molecular flexibility index (Phi) is 2.46. The van der Waals surface area contributed by atoms with Gasteiger partial charge >= 0.3 is 5.97 Å². The van der Waals surface area contributed by atoms with Gasteiger partial charge in [0.15, 0.2) is 0 Å². The van der Waals surface area contributed by atoms with Crippen molar-refractivity contribution in [2.24, 2.45) is 17.8 Å². The molecule has 3 heteroatoms. The zero-order valence-electron chi connectivity index (χ0n) is 11.1. The first-order chi connectivity index (χ1) is 8.42. The third-order valence-corrected chi connectivity index (χ3v) is 4.94. The van der Waals surface area contributed by atoms with Gasteiger partial charge in [0, 0.05) is 11.8 Å². The second-order valence-corrected chi connectivity index (χ2v) is 6.18. The Hall–Kier alpha value is -1.09. The molecule has 98 valence electrons. The molecule has 18 heavy (non-hydrogen) atoms. The number of allylic oxidation sites excluding steroid dienone is 2. The molecular weight excluding hydrogens is 228 g/mol. The monoisotopic (exact) mass is 248 g/mol. The van der Waals surface area contributed by atoms with E-state index in [9.17, 15) is 9.90 Å². The van der Waals surface area contributed by atoms with Gasteiger partial charge in [0.05, 0.1) is 11.5 Å². The SMILES string of the molecule is CC1=C2[C@H]3OC(=O)[C@@H](C)[C@@H]3CC[C@](C)(O)[C@@H]2C=C1. The minimum atomic E-state index is -0.722. The fourth-order valence-electron chi connectivity index (χ4n) is 3.70. The van der Waals surface area contributed by atoms with Gasteiger partial charge in [0.2, 0.25) is 0 Å². The quantitative estimate of drug-likeness (QED) is 0.669. The van der Waals surface area contributed by atoms with Gasteiger partial charge in [-0.3, -0.25) is 4.79 Å². The Morgan fingerprint density at radius 1 is 1.50 bits per heavy atom. The predicted octanol–water partition coefficient (Wildman–Crippen LogP) is 2.21. The lowest BCUT2D eigenvalue weighted by atomic mass is 9.82. The van der Waals surface area contributed by atoms with E-state index < -0.39 is 5.60 Å². The van der Waals surface area contributed by atoms with Crippen LogP contribution >= 0.6 is 0 Å². The molecule has 1 N–H and O–H groups in total. The van der Waals surface area contributed by atoms with Crippen LogP contribution in [0.25, 0.3) is 0 Å². The van der Waals surface area contributed by atoms with Gasteiger partial charge in [-0.15, -0.1) is 0 Å². The Labute approximate surface area is 108 Å². The van der Waals surface area contributed by atoms with Crippen molar-refractivity contribution in [3.05, 3.63) is 23.3 Å². The van der Waals surface area contributed by atoms with Crippen LogP contribution in [0.3, 0.4) is 0 Å². The summed E-state index contributed by atoms with van der Waals surface area (Å²) in [6.07, 6.45) is 5.56. The Morgan fingerprint density at radius 2 is 2.22 bits per heavy atom. The molecule has 0 aromatic rings. The average Bonchev–Trinajstić information content (AvgIpc) is 2.76. The zero-order valence-corrected chi connectivity index (χ0v) is 11.1. The lowest BCUT2D eigenvalue weighted by Gasteiger charge is -2.30. The lowest BCUT2D eigenvalue weighted by Crippen LogP contribution is -2.34. The standard InChI is InChI=1S/C15H20O3/c1-8-4-5-11-12(8)13-10(6-7-15(11,3)17)9(2)14(16)18-13/h4-5,9-11,13,17H,6-7H2,1-3H3/t9-,10-,11+,13-,15-/m0/s1. The highest BCUT2D eigenvalue weighted by molar-refractivity contribution is 5.75. The third kappa shape index (κ3) is 1.50. The molecule has 1 aliphatic heterocycles. The number of rotatable bonds is 0. The van der Waals surface area contributed by atoms with E-state index in [4.69, 9.17) is 4.74 Å². The third-order valence-electron chi connectivity index (χ3n) is 4.94. The van der Waals surface area contributed by atoms with Crippen LogP contribution in [0.1, 0.15) is 33.6 Å². The normalized spacial score (nSPS) is 46.8. The second kappa shape index (κ2) is 3.70. The van der Waals surface area contributed by atoms with Crippen molar-refractivity contribution >= 4 is 5.97 Å². The lowest BCUT2D eigenvalue weighted by molar-refractivity contribution is -0.143. The summed E-state index contributed by atoms with van der Waals surface area (Å²) in [5.41, 5.74) is 1.55. The number of fused-ring (bicyclic) bond motifs is 3. The van der Waals surface area contributed by atoms with Crippen molar-refractivity contribution in [2.75, 3.05) is 0 Å². The van der Waals surface area contributed by atoms with Crippen LogP contribution in [0.4, 0.5) is 0 Å². The summed E-state index contributed by atoms with van der Waals surface area (Å²) >= 11 is 0. The molecule has 2 aliphatic carbocycles. The maximum Gasteiger partial charge on any atom is 0.309 e. The van der Waals surface area contributed by atoms with Gasteiger partial charge in [-0.05, 0) is 37.8 Å². The minimum Gasteiger partial charge on any atom is -0.457 e. The van der Waals surface area contributed by atoms with Crippen molar-refractivity contribution < 1.29 is 14.6 Å². The largest absolute Gasteiger partial charge is 0.457 e. The summed E-state index contributed by atoms with van der Waals surface area (Å²) in [6, 6.07) is 0. The molecule has 0 radical (unpaired) electrons. The number of carbonyl (C=O) groups is 1. The molecule has 0 spiro atoms. The number of aliphatic hydroxyl groups is 1. The van der Waals surface area contributed by atoms with Gasteiger partial charge in [0.1, 0.15) is 6.10 Å². The minimum absolute atomic E-state index is 0.00519. The first-order valence-corrected chi connectivity index (χ1v) is 6.73. The maximum absolute atomic E-state index is 11.8. The van der Waals surface area contributed by atoms with Gasteiger partial charge in [0.25, 0.3) is 0 Å². The summed E-state index contributed by atoms with van der Waals surface area (Å²) in [7, 11) is 0. The molecule has 2 fully saturated rings. The molecule has 3 aliphatic rings. The molecule has 0 unspecified atom stereocenters. The van der Waals surface area contributed by atoms with Crippen LogP contribution in [-0.4, -0.2) is 22.8 Å². The fraction of sp³-hybridized carbons (Fsp3) is 0.667. The van der Waals surface area contributed by atoms with Crippen LogP contribution in [0, 0.1) is 17.8 Å².